The Bertz CT molecular complexity index is 729. The minimum absolute atomic E-state index is 0.268. The standard InChI is InChI=1S/C15H14FN3/c1-19-14-7-6-12(16)8-13(14)18-15(19)11-4-2-10(9-17)3-5-11/h2-8H,9,17H2,1H3. The van der Waals surface area contributed by atoms with Gasteiger partial charge in [0.15, 0.2) is 0 Å². The highest BCUT2D eigenvalue weighted by Crippen LogP contribution is 2.24. The average molecular weight is 255 g/mol. The summed E-state index contributed by atoms with van der Waals surface area (Å²) in [7, 11) is 1.93. The van der Waals surface area contributed by atoms with E-state index in [1.165, 1.54) is 12.1 Å². The Labute approximate surface area is 110 Å². The molecule has 2 aromatic carbocycles. The molecule has 0 unspecified atom stereocenters. The second kappa shape index (κ2) is 4.48. The minimum Gasteiger partial charge on any atom is -0.327 e. The zero-order valence-electron chi connectivity index (χ0n) is 10.6. The third-order valence-corrected chi connectivity index (χ3v) is 3.29. The molecule has 19 heavy (non-hydrogen) atoms. The van der Waals surface area contributed by atoms with Gasteiger partial charge in [0, 0.05) is 25.2 Å². The molecule has 0 atom stereocenters. The number of halogens is 1. The van der Waals surface area contributed by atoms with Crippen molar-refractivity contribution in [3.8, 4) is 11.4 Å². The molecule has 1 heterocycles. The van der Waals surface area contributed by atoms with Crippen LogP contribution >= 0.6 is 0 Å². The van der Waals surface area contributed by atoms with Crippen molar-refractivity contribution >= 4 is 11.0 Å². The number of aryl methyl sites for hydroxylation is 1. The predicted molar refractivity (Wildman–Crippen MR) is 74.0 cm³/mol. The van der Waals surface area contributed by atoms with Crippen LogP contribution in [0, 0.1) is 5.82 Å². The highest BCUT2D eigenvalue weighted by atomic mass is 19.1. The summed E-state index contributed by atoms with van der Waals surface area (Å²) < 4.78 is 15.2. The lowest BCUT2D eigenvalue weighted by molar-refractivity contribution is 0.629. The smallest absolute Gasteiger partial charge is 0.140 e. The molecule has 0 saturated heterocycles. The maximum atomic E-state index is 13.2. The van der Waals surface area contributed by atoms with Crippen molar-refractivity contribution in [1.29, 1.82) is 0 Å². The third-order valence-electron chi connectivity index (χ3n) is 3.29. The van der Waals surface area contributed by atoms with Gasteiger partial charge in [-0.1, -0.05) is 24.3 Å². The van der Waals surface area contributed by atoms with Crippen LogP contribution < -0.4 is 5.73 Å². The largest absolute Gasteiger partial charge is 0.327 e. The number of imidazole rings is 1. The summed E-state index contributed by atoms with van der Waals surface area (Å²) in [6, 6.07) is 12.6. The Morgan fingerprint density at radius 2 is 1.89 bits per heavy atom. The fraction of sp³-hybridized carbons (Fsp3) is 0.133. The van der Waals surface area contributed by atoms with Crippen LogP contribution in [0.3, 0.4) is 0 Å². The van der Waals surface area contributed by atoms with Gasteiger partial charge in [-0.2, -0.15) is 0 Å². The van der Waals surface area contributed by atoms with Crippen molar-refractivity contribution in [2.75, 3.05) is 0 Å². The molecule has 3 nitrogen and oxygen atoms in total. The van der Waals surface area contributed by atoms with Crippen molar-refractivity contribution in [2.45, 2.75) is 6.54 Å². The molecule has 0 fully saturated rings. The number of hydrogen-bond acceptors (Lipinski definition) is 2. The van der Waals surface area contributed by atoms with Gasteiger partial charge in [0.1, 0.15) is 11.6 Å². The second-order valence-electron chi connectivity index (χ2n) is 4.53. The third kappa shape index (κ3) is 2.00. The first kappa shape index (κ1) is 11.9. The fourth-order valence-electron chi connectivity index (χ4n) is 2.22. The van der Waals surface area contributed by atoms with Crippen LogP contribution in [0.4, 0.5) is 4.39 Å². The van der Waals surface area contributed by atoms with Crippen molar-refractivity contribution in [2.24, 2.45) is 12.8 Å². The summed E-state index contributed by atoms with van der Waals surface area (Å²) in [4.78, 5) is 4.49. The van der Waals surface area contributed by atoms with Gasteiger partial charge in [0.25, 0.3) is 0 Å². The molecule has 0 aliphatic heterocycles. The van der Waals surface area contributed by atoms with Crippen LogP contribution in [0.5, 0.6) is 0 Å². The number of benzene rings is 2. The van der Waals surface area contributed by atoms with E-state index < -0.39 is 0 Å². The molecule has 96 valence electrons. The SMILES string of the molecule is Cn1c(-c2ccc(CN)cc2)nc2cc(F)ccc21. The van der Waals surface area contributed by atoms with Crippen molar-refractivity contribution < 1.29 is 4.39 Å². The Kier molecular flexibility index (Phi) is 2.80. The van der Waals surface area contributed by atoms with E-state index in [4.69, 9.17) is 5.73 Å². The summed E-state index contributed by atoms with van der Waals surface area (Å²) >= 11 is 0. The number of aromatic nitrogens is 2. The molecule has 0 amide bonds. The summed E-state index contributed by atoms with van der Waals surface area (Å²) in [6.45, 7) is 0.522. The number of nitrogens with two attached hydrogens (primary N) is 1. The van der Waals surface area contributed by atoms with E-state index >= 15 is 0 Å². The Morgan fingerprint density at radius 1 is 1.16 bits per heavy atom. The highest BCUT2D eigenvalue weighted by Gasteiger charge is 2.10. The van der Waals surface area contributed by atoms with Crippen molar-refractivity contribution in [3.63, 3.8) is 0 Å². The lowest BCUT2D eigenvalue weighted by Crippen LogP contribution is -1.96. The van der Waals surface area contributed by atoms with Crippen LogP contribution in [0.2, 0.25) is 0 Å². The molecular formula is C15H14FN3. The Balaban J connectivity index is 2.15. The molecular weight excluding hydrogens is 241 g/mol. The first-order valence-corrected chi connectivity index (χ1v) is 6.10. The molecule has 0 aliphatic carbocycles. The fourth-order valence-corrected chi connectivity index (χ4v) is 2.22. The summed E-state index contributed by atoms with van der Waals surface area (Å²) in [5.74, 6) is 0.555. The molecule has 0 bridgehead atoms. The molecule has 4 heteroatoms. The molecule has 1 aromatic heterocycles. The van der Waals surface area contributed by atoms with Crippen molar-refractivity contribution in [1.82, 2.24) is 9.55 Å². The zero-order valence-corrected chi connectivity index (χ0v) is 10.6. The molecule has 0 aliphatic rings. The van der Waals surface area contributed by atoms with Gasteiger partial charge >= 0.3 is 0 Å². The molecule has 0 saturated carbocycles. The Hall–Kier alpha value is -2.20. The lowest BCUT2D eigenvalue weighted by Gasteiger charge is -2.03. The Morgan fingerprint density at radius 3 is 2.58 bits per heavy atom. The maximum absolute atomic E-state index is 13.2. The van der Waals surface area contributed by atoms with Gasteiger partial charge in [0.05, 0.1) is 11.0 Å². The molecule has 0 spiro atoms. The number of fused-ring (bicyclic) bond motifs is 1. The number of rotatable bonds is 2. The first-order chi connectivity index (χ1) is 9.19. The molecule has 2 N–H and O–H groups in total. The normalized spacial score (nSPS) is 11.1. The first-order valence-electron chi connectivity index (χ1n) is 6.10. The van der Waals surface area contributed by atoms with Crippen LogP contribution in [-0.4, -0.2) is 9.55 Å². The summed E-state index contributed by atoms with van der Waals surface area (Å²) in [5, 5.41) is 0. The van der Waals surface area contributed by atoms with Crippen LogP contribution in [0.15, 0.2) is 42.5 Å². The average Bonchev–Trinajstić information content (AvgIpc) is 2.75. The molecule has 3 aromatic rings. The van der Waals surface area contributed by atoms with Crippen LogP contribution in [0.25, 0.3) is 22.4 Å². The monoisotopic (exact) mass is 255 g/mol. The molecule has 3 rings (SSSR count). The van der Waals surface area contributed by atoms with Gasteiger partial charge in [-0.05, 0) is 17.7 Å². The van der Waals surface area contributed by atoms with E-state index in [1.54, 1.807) is 6.07 Å². The van der Waals surface area contributed by atoms with Gasteiger partial charge in [0.2, 0.25) is 0 Å². The number of nitrogens with zero attached hydrogens (tertiary/aromatic N) is 2. The lowest BCUT2D eigenvalue weighted by atomic mass is 10.1. The van der Waals surface area contributed by atoms with Crippen LogP contribution in [0.1, 0.15) is 5.56 Å². The molecule has 0 radical (unpaired) electrons. The van der Waals surface area contributed by atoms with Gasteiger partial charge in [-0.15, -0.1) is 0 Å². The van der Waals surface area contributed by atoms with Gasteiger partial charge in [-0.3, -0.25) is 0 Å². The van der Waals surface area contributed by atoms with Crippen molar-refractivity contribution in [3.05, 3.63) is 53.8 Å². The van der Waals surface area contributed by atoms with Gasteiger partial charge in [-0.25, -0.2) is 9.37 Å². The van der Waals surface area contributed by atoms with E-state index in [9.17, 15) is 4.39 Å². The summed E-state index contributed by atoms with van der Waals surface area (Å²) in [6.07, 6.45) is 0. The van der Waals surface area contributed by atoms with E-state index in [2.05, 4.69) is 4.98 Å². The predicted octanol–water partition coefficient (Wildman–Crippen LogP) is 2.84. The maximum Gasteiger partial charge on any atom is 0.140 e. The zero-order chi connectivity index (χ0) is 13.4. The minimum atomic E-state index is -0.268. The van der Waals surface area contributed by atoms with E-state index in [-0.39, 0.29) is 5.82 Å². The van der Waals surface area contributed by atoms with E-state index in [0.717, 1.165) is 22.5 Å². The van der Waals surface area contributed by atoms with Crippen LogP contribution in [-0.2, 0) is 13.6 Å². The summed E-state index contributed by atoms with van der Waals surface area (Å²) in [5.41, 5.74) is 9.24. The van der Waals surface area contributed by atoms with Gasteiger partial charge < -0.3 is 10.3 Å². The number of hydrogen-bond donors (Lipinski definition) is 1. The topological polar surface area (TPSA) is 43.8 Å². The highest BCUT2D eigenvalue weighted by molar-refractivity contribution is 5.80. The quantitative estimate of drug-likeness (QED) is 0.765. The second-order valence-corrected chi connectivity index (χ2v) is 4.53. The van der Waals surface area contributed by atoms with E-state index in [0.29, 0.717) is 12.1 Å². The van der Waals surface area contributed by atoms with E-state index in [1.807, 2.05) is 35.9 Å².